The standard InChI is InChI=1S/C16H17NO3/c1-3-9-17-14(12-7-5-4-6-8-12)10-13(18)11-15(17)16(19)20-2/h3-8,11,14H,1,9-10H2,2H3. The molecule has 1 aliphatic heterocycles. The lowest BCUT2D eigenvalue weighted by atomic mass is 9.95. The van der Waals surface area contributed by atoms with Crippen molar-refractivity contribution in [1.82, 2.24) is 4.90 Å². The molecule has 4 nitrogen and oxygen atoms in total. The van der Waals surface area contributed by atoms with Gasteiger partial charge >= 0.3 is 5.97 Å². The van der Waals surface area contributed by atoms with Crippen molar-refractivity contribution in [3.63, 3.8) is 0 Å². The lowest BCUT2D eigenvalue weighted by Crippen LogP contribution is -2.37. The topological polar surface area (TPSA) is 46.6 Å². The second kappa shape index (κ2) is 6.19. The average molecular weight is 271 g/mol. The minimum absolute atomic E-state index is 0.0698. The highest BCUT2D eigenvalue weighted by atomic mass is 16.5. The van der Waals surface area contributed by atoms with E-state index < -0.39 is 5.97 Å². The summed E-state index contributed by atoms with van der Waals surface area (Å²) < 4.78 is 4.76. The summed E-state index contributed by atoms with van der Waals surface area (Å²) in [5.41, 5.74) is 1.29. The quantitative estimate of drug-likeness (QED) is 0.622. The number of benzene rings is 1. The summed E-state index contributed by atoms with van der Waals surface area (Å²) in [6.45, 7) is 4.20. The van der Waals surface area contributed by atoms with Crippen molar-refractivity contribution in [2.75, 3.05) is 13.7 Å². The Balaban J connectivity index is 2.41. The van der Waals surface area contributed by atoms with Crippen LogP contribution in [0.1, 0.15) is 18.0 Å². The Morgan fingerprint density at radius 2 is 2.15 bits per heavy atom. The van der Waals surface area contributed by atoms with Gasteiger partial charge in [0.25, 0.3) is 0 Å². The molecule has 104 valence electrons. The molecule has 0 N–H and O–H groups in total. The van der Waals surface area contributed by atoms with Gasteiger partial charge in [-0.3, -0.25) is 4.79 Å². The smallest absolute Gasteiger partial charge is 0.354 e. The van der Waals surface area contributed by atoms with Gasteiger partial charge in [0.1, 0.15) is 5.70 Å². The molecule has 20 heavy (non-hydrogen) atoms. The van der Waals surface area contributed by atoms with Crippen LogP contribution in [-0.2, 0) is 14.3 Å². The maximum absolute atomic E-state index is 11.9. The summed E-state index contributed by atoms with van der Waals surface area (Å²) in [7, 11) is 1.31. The average Bonchev–Trinajstić information content (AvgIpc) is 2.48. The molecule has 0 saturated carbocycles. The van der Waals surface area contributed by atoms with Crippen LogP contribution >= 0.6 is 0 Å². The van der Waals surface area contributed by atoms with Gasteiger partial charge in [0, 0.05) is 19.0 Å². The van der Waals surface area contributed by atoms with Gasteiger partial charge in [0.2, 0.25) is 0 Å². The maximum atomic E-state index is 11.9. The monoisotopic (exact) mass is 271 g/mol. The van der Waals surface area contributed by atoms with Crippen LogP contribution in [0.5, 0.6) is 0 Å². The van der Waals surface area contributed by atoms with E-state index in [2.05, 4.69) is 6.58 Å². The summed E-state index contributed by atoms with van der Waals surface area (Å²) in [5, 5.41) is 0. The second-order valence-electron chi connectivity index (χ2n) is 4.56. The molecule has 1 aromatic carbocycles. The SMILES string of the molecule is C=CCN1C(C(=O)OC)=CC(=O)CC1c1ccccc1. The summed E-state index contributed by atoms with van der Waals surface area (Å²) in [5.74, 6) is -0.569. The van der Waals surface area contributed by atoms with E-state index in [1.165, 1.54) is 13.2 Å². The zero-order valence-corrected chi connectivity index (χ0v) is 11.4. The van der Waals surface area contributed by atoms with Crippen LogP contribution in [-0.4, -0.2) is 30.3 Å². The highest BCUT2D eigenvalue weighted by Crippen LogP contribution is 2.32. The van der Waals surface area contributed by atoms with Gasteiger partial charge in [-0.25, -0.2) is 4.79 Å². The summed E-state index contributed by atoms with van der Waals surface area (Å²) >= 11 is 0. The first-order valence-electron chi connectivity index (χ1n) is 6.42. The molecule has 1 heterocycles. The minimum atomic E-state index is -0.499. The van der Waals surface area contributed by atoms with Gasteiger partial charge in [-0.15, -0.1) is 6.58 Å². The molecule has 4 heteroatoms. The van der Waals surface area contributed by atoms with Crippen LogP contribution in [0.4, 0.5) is 0 Å². The molecular formula is C16H17NO3. The Morgan fingerprint density at radius 1 is 1.45 bits per heavy atom. The largest absolute Gasteiger partial charge is 0.464 e. The number of carbonyl (C=O) groups excluding carboxylic acids is 2. The van der Waals surface area contributed by atoms with Crippen molar-refractivity contribution in [1.29, 1.82) is 0 Å². The van der Waals surface area contributed by atoms with Crippen molar-refractivity contribution in [2.24, 2.45) is 0 Å². The molecule has 2 rings (SSSR count). The van der Waals surface area contributed by atoms with E-state index in [0.717, 1.165) is 5.56 Å². The van der Waals surface area contributed by atoms with Crippen LogP contribution < -0.4 is 0 Å². The fourth-order valence-corrected chi connectivity index (χ4v) is 2.38. The minimum Gasteiger partial charge on any atom is -0.464 e. The Kier molecular flexibility index (Phi) is 4.35. The molecule has 0 fully saturated rings. The summed E-state index contributed by atoms with van der Waals surface area (Å²) in [6, 6.07) is 9.50. The van der Waals surface area contributed by atoms with Crippen LogP contribution in [0, 0.1) is 0 Å². The van der Waals surface area contributed by atoms with Crippen molar-refractivity contribution >= 4 is 11.8 Å². The first-order valence-corrected chi connectivity index (χ1v) is 6.42. The molecule has 0 aromatic heterocycles. The number of allylic oxidation sites excluding steroid dienone is 1. The molecule has 1 atom stereocenters. The van der Waals surface area contributed by atoms with E-state index in [9.17, 15) is 9.59 Å². The molecular weight excluding hydrogens is 254 g/mol. The molecule has 0 spiro atoms. The van der Waals surface area contributed by atoms with Crippen molar-refractivity contribution < 1.29 is 14.3 Å². The number of ketones is 1. The number of hydrogen-bond acceptors (Lipinski definition) is 4. The van der Waals surface area contributed by atoms with Crippen LogP contribution in [0.2, 0.25) is 0 Å². The zero-order valence-electron chi connectivity index (χ0n) is 11.4. The molecule has 0 bridgehead atoms. The fraction of sp³-hybridized carbons (Fsp3) is 0.250. The molecule has 0 amide bonds. The Hall–Kier alpha value is -2.36. The van der Waals surface area contributed by atoms with E-state index in [1.54, 1.807) is 6.08 Å². The predicted octanol–water partition coefficient (Wildman–Crippen LogP) is 2.25. The van der Waals surface area contributed by atoms with E-state index in [4.69, 9.17) is 4.74 Å². The van der Waals surface area contributed by atoms with Crippen LogP contribution in [0.3, 0.4) is 0 Å². The van der Waals surface area contributed by atoms with Crippen molar-refractivity contribution in [3.8, 4) is 0 Å². The van der Waals surface area contributed by atoms with Crippen molar-refractivity contribution in [3.05, 3.63) is 60.3 Å². The number of carbonyl (C=O) groups is 2. The second-order valence-corrected chi connectivity index (χ2v) is 4.56. The van der Waals surface area contributed by atoms with E-state index >= 15 is 0 Å². The molecule has 0 saturated heterocycles. The van der Waals surface area contributed by atoms with Gasteiger partial charge in [0.15, 0.2) is 5.78 Å². The third-order valence-corrected chi connectivity index (χ3v) is 3.28. The first kappa shape index (κ1) is 14.1. The third kappa shape index (κ3) is 2.79. The number of nitrogens with zero attached hydrogens (tertiary/aromatic N) is 1. The molecule has 1 aromatic rings. The maximum Gasteiger partial charge on any atom is 0.354 e. The lowest BCUT2D eigenvalue weighted by molar-refractivity contribution is -0.139. The number of hydrogen-bond donors (Lipinski definition) is 0. The van der Waals surface area contributed by atoms with Crippen LogP contribution in [0.15, 0.2) is 54.8 Å². The van der Waals surface area contributed by atoms with Gasteiger partial charge in [-0.2, -0.15) is 0 Å². The van der Waals surface area contributed by atoms with E-state index in [1.807, 2.05) is 35.2 Å². The van der Waals surface area contributed by atoms with Gasteiger partial charge in [-0.1, -0.05) is 36.4 Å². The Bertz CT molecular complexity index is 548. The summed E-state index contributed by atoms with van der Waals surface area (Å²) in [6.07, 6.45) is 3.41. The van der Waals surface area contributed by atoms with Crippen molar-refractivity contribution in [2.45, 2.75) is 12.5 Å². The molecule has 1 unspecified atom stereocenters. The third-order valence-electron chi connectivity index (χ3n) is 3.28. The van der Waals surface area contributed by atoms with E-state index in [-0.39, 0.29) is 17.5 Å². The highest BCUT2D eigenvalue weighted by Gasteiger charge is 2.32. The predicted molar refractivity (Wildman–Crippen MR) is 75.8 cm³/mol. The fourth-order valence-electron chi connectivity index (χ4n) is 2.38. The number of ether oxygens (including phenoxy) is 1. The van der Waals surface area contributed by atoms with E-state index in [0.29, 0.717) is 13.0 Å². The lowest BCUT2D eigenvalue weighted by Gasteiger charge is -2.36. The Labute approximate surface area is 118 Å². The summed E-state index contributed by atoms with van der Waals surface area (Å²) in [4.78, 5) is 25.6. The number of esters is 1. The highest BCUT2D eigenvalue weighted by molar-refractivity contribution is 6.00. The normalized spacial score (nSPS) is 18.4. The number of rotatable bonds is 4. The molecule has 0 aliphatic carbocycles. The molecule has 0 radical (unpaired) electrons. The molecule has 1 aliphatic rings. The van der Waals surface area contributed by atoms with Gasteiger partial charge in [0.05, 0.1) is 13.2 Å². The number of methoxy groups -OCH3 is 1. The zero-order chi connectivity index (χ0) is 14.5. The Morgan fingerprint density at radius 3 is 2.75 bits per heavy atom. The first-order chi connectivity index (χ1) is 9.67. The van der Waals surface area contributed by atoms with Gasteiger partial charge in [-0.05, 0) is 5.56 Å². The van der Waals surface area contributed by atoms with Crippen LogP contribution in [0.25, 0.3) is 0 Å². The van der Waals surface area contributed by atoms with Gasteiger partial charge < -0.3 is 9.64 Å².